The second-order valence-corrected chi connectivity index (χ2v) is 7.11. The van der Waals surface area contributed by atoms with Crippen LogP contribution >= 0.6 is 23.6 Å². The number of rotatable bonds is 5. The molecule has 0 fully saturated rings. The fraction of sp³-hybridized carbons (Fsp3) is 0.316. The predicted molar refractivity (Wildman–Crippen MR) is 107 cm³/mol. The second kappa shape index (κ2) is 7.89. The van der Waals surface area contributed by atoms with Crippen LogP contribution < -0.4 is 14.8 Å². The molecule has 1 aliphatic rings. The summed E-state index contributed by atoms with van der Waals surface area (Å²) in [6, 6.07) is 8.48. The summed E-state index contributed by atoms with van der Waals surface area (Å²) in [5.41, 5.74) is 2.49. The molecule has 2 aromatic rings. The molecule has 1 atom stereocenters. The van der Waals surface area contributed by atoms with Crippen LogP contribution in [-0.4, -0.2) is 37.3 Å². The van der Waals surface area contributed by atoms with Gasteiger partial charge in [-0.05, 0) is 53.3 Å². The van der Waals surface area contributed by atoms with E-state index in [0.717, 1.165) is 29.6 Å². The summed E-state index contributed by atoms with van der Waals surface area (Å²) in [5, 5.41) is 6.11. The van der Waals surface area contributed by atoms with E-state index in [9.17, 15) is 0 Å². The van der Waals surface area contributed by atoms with Crippen molar-refractivity contribution in [3.8, 4) is 11.5 Å². The molecule has 1 unspecified atom stereocenters. The van der Waals surface area contributed by atoms with E-state index < -0.39 is 0 Å². The average Bonchev–Trinajstić information content (AvgIpc) is 3.18. The van der Waals surface area contributed by atoms with Crippen molar-refractivity contribution in [2.45, 2.75) is 12.5 Å². The molecule has 0 amide bonds. The van der Waals surface area contributed by atoms with Crippen LogP contribution in [0.3, 0.4) is 0 Å². The number of ether oxygens (including phenoxy) is 2. The van der Waals surface area contributed by atoms with Crippen molar-refractivity contribution < 1.29 is 9.47 Å². The number of hydrogen-bond acceptors (Lipinski definition) is 4. The lowest BCUT2D eigenvalue weighted by Crippen LogP contribution is -2.45. The quantitative estimate of drug-likeness (QED) is 0.636. The van der Waals surface area contributed by atoms with Crippen LogP contribution in [0.15, 0.2) is 42.3 Å². The van der Waals surface area contributed by atoms with Gasteiger partial charge in [-0.2, -0.15) is 0 Å². The minimum Gasteiger partial charge on any atom is -0.493 e. The smallest absolute Gasteiger partial charge is 0.170 e. The number of benzene rings is 1. The molecule has 0 saturated heterocycles. The molecular weight excluding hydrogens is 352 g/mol. The molecule has 1 aromatic carbocycles. The molecule has 1 aromatic heterocycles. The Balaban J connectivity index is 2.06. The molecular formula is C19H22N2O2S2. The Morgan fingerprint density at radius 1 is 1.40 bits per heavy atom. The average molecular weight is 375 g/mol. The van der Waals surface area contributed by atoms with Crippen LogP contribution in [0.4, 0.5) is 0 Å². The highest BCUT2D eigenvalue weighted by Crippen LogP contribution is 2.42. The first kappa shape index (κ1) is 17.8. The van der Waals surface area contributed by atoms with Crippen LogP contribution in [0.5, 0.6) is 11.5 Å². The summed E-state index contributed by atoms with van der Waals surface area (Å²) in [6.45, 7) is 5.27. The maximum atomic E-state index is 5.65. The van der Waals surface area contributed by atoms with E-state index in [-0.39, 0.29) is 6.04 Å². The third-order valence-electron chi connectivity index (χ3n) is 4.34. The van der Waals surface area contributed by atoms with Crippen LogP contribution in [0.1, 0.15) is 22.0 Å². The van der Waals surface area contributed by atoms with Gasteiger partial charge in [0.1, 0.15) is 0 Å². The van der Waals surface area contributed by atoms with E-state index in [1.54, 1.807) is 25.6 Å². The Hall–Kier alpha value is -2.05. The molecule has 2 heterocycles. The third kappa shape index (κ3) is 3.50. The Labute approximate surface area is 158 Å². The first-order valence-corrected chi connectivity index (χ1v) is 9.42. The van der Waals surface area contributed by atoms with E-state index in [0.29, 0.717) is 6.54 Å². The van der Waals surface area contributed by atoms with Crippen molar-refractivity contribution in [3.63, 3.8) is 0 Å². The summed E-state index contributed by atoms with van der Waals surface area (Å²) in [4.78, 5) is 3.51. The van der Waals surface area contributed by atoms with Crippen molar-refractivity contribution >= 4 is 28.7 Å². The third-order valence-corrected chi connectivity index (χ3v) is 5.65. The molecule has 0 saturated carbocycles. The SMILES string of the molecule is C=CCNC(=S)N1CCc2cc(OC)c(OC)cc2C1c1cccs1. The van der Waals surface area contributed by atoms with Gasteiger partial charge in [-0.15, -0.1) is 17.9 Å². The standard InChI is InChI=1S/C19H22N2O2S2/c1-4-8-20-19(24)21-9-7-13-11-15(22-2)16(23-3)12-14(13)18(21)17-6-5-10-25-17/h4-6,10-12,18H,1,7-9H2,2-3H3,(H,20,24). The zero-order valence-electron chi connectivity index (χ0n) is 14.5. The highest BCUT2D eigenvalue weighted by Gasteiger charge is 2.32. The Morgan fingerprint density at radius 3 is 2.80 bits per heavy atom. The lowest BCUT2D eigenvalue weighted by molar-refractivity contribution is 0.327. The maximum absolute atomic E-state index is 5.65. The minimum absolute atomic E-state index is 0.0772. The number of fused-ring (bicyclic) bond motifs is 1. The van der Waals surface area contributed by atoms with Gasteiger partial charge in [-0.25, -0.2) is 0 Å². The summed E-state index contributed by atoms with van der Waals surface area (Å²) in [6.07, 6.45) is 2.73. The number of methoxy groups -OCH3 is 2. The molecule has 1 aliphatic heterocycles. The molecule has 6 heteroatoms. The highest BCUT2D eigenvalue weighted by atomic mass is 32.1. The molecule has 0 spiro atoms. The molecule has 0 aliphatic carbocycles. The fourth-order valence-corrected chi connectivity index (χ4v) is 4.31. The molecule has 0 radical (unpaired) electrons. The largest absolute Gasteiger partial charge is 0.493 e. The predicted octanol–water partition coefficient (Wildman–Crippen LogP) is 3.77. The number of hydrogen-bond donors (Lipinski definition) is 1. The number of nitrogens with zero attached hydrogens (tertiary/aromatic N) is 1. The molecule has 25 heavy (non-hydrogen) atoms. The zero-order valence-corrected chi connectivity index (χ0v) is 16.1. The van der Waals surface area contributed by atoms with Gasteiger partial charge < -0.3 is 19.7 Å². The molecule has 0 bridgehead atoms. The van der Waals surface area contributed by atoms with Crippen LogP contribution in [0.2, 0.25) is 0 Å². The van der Waals surface area contributed by atoms with Crippen molar-refractivity contribution in [1.29, 1.82) is 0 Å². The van der Waals surface area contributed by atoms with E-state index >= 15 is 0 Å². The molecule has 3 rings (SSSR count). The van der Waals surface area contributed by atoms with Gasteiger partial charge in [0.25, 0.3) is 0 Å². The topological polar surface area (TPSA) is 33.7 Å². The summed E-state index contributed by atoms with van der Waals surface area (Å²) >= 11 is 7.39. The van der Waals surface area contributed by atoms with Gasteiger partial charge in [-0.3, -0.25) is 0 Å². The van der Waals surface area contributed by atoms with Gasteiger partial charge in [0.2, 0.25) is 0 Å². The fourth-order valence-electron chi connectivity index (χ4n) is 3.18. The van der Waals surface area contributed by atoms with Crippen molar-refractivity contribution in [1.82, 2.24) is 10.2 Å². The van der Waals surface area contributed by atoms with Crippen LogP contribution in [0, 0.1) is 0 Å². The minimum atomic E-state index is 0.0772. The van der Waals surface area contributed by atoms with E-state index in [4.69, 9.17) is 21.7 Å². The molecule has 1 N–H and O–H groups in total. The molecule has 132 valence electrons. The summed E-state index contributed by atoms with van der Waals surface area (Å²) in [7, 11) is 3.34. The second-order valence-electron chi connectivity index (χ2n) is 5.74. The van der Waals surface area contributed by atoms with Gasteiger partial charge in [-0.1, -0.05) is 12.1 Å². The van der Waals surface area contributed by atoms with E-state index in [2.05, 4.69) is 46.4 Å². The lowest BCUT2D eigenvalue weighted by Gasteiger charge is -2.39. The molecule has 4 nitrogen and oxygen atoms in total. The van der Waals surface area contributed by atoms with Gasteiger partial charge in [0, 0.05) is 18.0 Å². The van der Waals surface area contributed by atoms with E-state index in [1.165, 1.54) is 16.0 Å². The maximum Gasteiger partial charge on any atom is 0.170 e. The first-order chi connectivity index (χ1) is 12.2. The summed E-state index contributed by atoms with van der Waals surface area (Å²) < 4.78 is 11.0. The Kier molecular flexibility index (Phi) is 5.60. The highest BCUT2D eigenvalue weighted by molar-refractivity contribution is 7.80. The number of thiophene rings is 1. The van der Waals surface area contributed by atoms with Crippen molar-refractivity contribution in [2.75, 3.05) is 27.3 Å². The van der Waals surface area contributed by atoms with Crippen molar-refractivity contribution in [3.05, 3.63) is 58.3 Å². The Morgan fingerprint density at radius 2 is 2.16 bits per heavy atom. The Bertz CT molecular complexity index is 759. The van der Waals surface area contributed by atoms with Crippen LogP contribution in [0.25, 0.3) is 0 Å². The lowest BCUT2D eigenvalue weighted by atomic mass is 9.91. The van der Waals surface area contributed by atoms with Gasteiger partial charge >= 0.3 is 0 Å². The van der Waals surface area contributed by atoms with Gasteiger partial charge in [0.15, 0.2) is 16.6 Å². The van der Waals surface area contributed by atoms with Crippen molar-refractivity contribution in [2.24, 2.45) is 0 Å². The monoisotopic (exact) mass is 374 g/mol. The number of thiocarbonyl (C=S) groups is 1. The van der Waals surface area contributed by atoms with E-state index in [1.807, 2.05) is 6.08 Å². The summed E-state index contributed by atoms with van der Waals surface area (Å²) in [5.74, 6) is 1.52. The zero-order chi connectivity index (χ0) is 17.8. The number of nitrogens with one attached hydrogen (secondary N) is 1. The first-order valence-electron chi connectivity index (χ1n) is 8.13. The normalized spacial score (nSPS) is 16.1. The van der Waals surface area contributed by atoms with Crippen LogP contribution in [-0.2, 0) is 6.42 Å². The van der Waals surface area contributed by atoms with Gasteiger partial charge in [0.05, 0.1) is 20.3 Å².